The standard InChI is InChI=1S/C21H26FNO4S/c1-21(2,3)13-20(24)23(14-16-9-11-18(22)12-10-16)15-17-7-5-6-8-19(17)27-28(4,25)26/h5-12H,13-15H2,1-4H3. The molecule has 0 saturated carbocycles. The monoisotopic (exact) mass is 407 g/mol. The van der Waals surface area contributed by atoms with Gasteiger partial charge in [0.2, 0.25) is 5.91 Å². The summed E-state index contributed by atoms with van der Waals surface area (Å²) in [6.07, 6.45) is 1.30. The van der Waals surface area contributed by atoms with E-state index in [1.54, 1.807) is 41.3 Å². The van der Waals surface area contributed by atoms with Crippen molar-refractivity contribution in [2.75, 3.05) is 6.26 Å². The molecule has 0 fully saturated rings. The Morgan fingerprint density at radius 3 is 2.21 bits per heavy atom. The number of rotatable bonds is 7. The van der Waals surface area contributed by atoms with Crippen LogP contribution in [0.1, 0.15) is 38.3 Å². The number of halogens is 1. The Labute approximate surface area is 166 Å². The molecule has 0 N–H and O–H groups in total. The zero-order valence-electron chi connectivity index (χ0n) is 16.6. The van der Waals surface area contributed by atoms with Crippen LogP contribution in [-0.2, 0) is 28.0 Å². The molecule has 2 aromatic carbocycles. The van der Waals surface area contributed by atoms with Crippen molar-refractivity contribution in [1.82, 2.24) is 4.90 Å². The van der Waals surface area contributed by atoms with Gasteiger partial charge < -0.3 is 9.08 Å². The molecule has 0 bridgehead atoms. The first-order valence-corrected chi connectivity index (χ1v) is 10.7. The van der Waals surface area contributed by atoms with Gasteiger partial charge in [-0.25, -0.2) is 4.39 Å². The fraction of sp³-hybridized carbons (Fsp3) is 0.381. The van der Waals surface area contributed by atoms with Gasteiger partial charge >= 0.3 is 10.1 Å². The van der Waals surface area contributed by atoms with E-state index in [0.717, 1.165) is 11.8 Å². The van der Waals surface area contributed by atoms with Gasteiger partial charge in [-0.05, 0) is 29.2 Å². The van der Waals surface area contributed by atoms with E-state index in [4.69, 9.17) is 4.18 Å². The molecular weight excluding hydrogens is 381 g/mol. The number of carbonyl (C=O) groups excluding carboxylic acids is 1. The highest BCUT2D eigenvalue weighted by molar-refractivity contribution is 7.86. The minimum absolute atomic E-state index is 0.0778. The van der Waals surface area contributed by atoms with E-state index in [1.165, 1.54) is 12.1 Å². The van der Waals surface area contributed by atoms with Crippen molar-refractivity contribution >= 4 is 16.0 Å². The first-order valence-electron chi connectivity index (χ1n) is 8.92. The largest absolute Gasteiger partial charge is 0.382 e. The second kappa shape index (κ2) is 8.73. The Kier molecular flexibility index (Phi) is 6.82. The van der Waals surface area contributed by atoms with E-state index in [1.807, 2.05) is 20.8 Å². The molecule has 0 radical (unpaired) electrons. The molecule has 0 aliphatic heterocycles. The van der Waals surface area contributed by atoms with Crippen molar-refractivity contribution in [2.24, 2.45) is 5.41 Å². The van der Waals surface area contributed by atoms with Crippen molar-refractivity contribution in [2.45, 2.75) is 40.3 Å². The first kappa shape index (κ1) is 21.9. The molecule has 0 heterocycles. The van der Waals surface area contributed by atoms with Gasteiger partial charge in [-0.15, -0.1) is 0 Å². The van der Waals surface area contributed by atoms with Crippen LogP contribution in [-0.4, -0.2) is 25.5 Å². The molecule has 0 atom stereocenters. The van der Waals surface area contributed by atoms with Crippen molar-refractivity contribution in [3.63, 3.8) is 0 Å². The number of hydrogen-bond donors (Lipinski definition) is 0. The van der Waals surface area contributed by atoms with E-state index in [0.29, 0.717) is 12.0 Å². The highest BCUT2D eigenvalue weighted by atomic mass is 32.2. The molecule has 28 heavy (non-hydrogen) atoms. The lowest BCUT2D eigenvalue weighted by Crippen LogP contribution is -2.33. The Hall–Kier alpha value is -2.41. The van der Waals surface area contributed by atoms with Crippen LogP contribution in [0.25, 0.3) is 0 Å². The summed E-state index contributed by atoms with van der Waals surface area (Å²) in [6.45, 7) is 6.38. The average molecular weight is 408 g/mol. The summed E-state index contributed by atoms with van der Waals surface area (Å²) in [7, 11) is -3.69. The Morgan fingerprint density at radius 1 is 1.04 bits per heavy atom. The van der Waals surface area contributed by atoms with Gasteiger partial charge in [-0.3, -0.25) is 4.79 Å². The molecule has 0 unspecified atom stereocenters. The van der Waals surface area contributed by atoms with Gasteiger partial charge in [0.25, 0.3) is 0 Å². The Balaban J connectivity index is 2.31. The second-order valence-corrected chi connectivity index (χ2v) is 9.58. The van der Waals surface area contributed by atoms with Crippen molar-refractivity contribution in [1.29, 1.82) is 0 Å². The lowest BCUT2D eigenvalue weighted by Gasteiger charge is -2.27. The molecule has 7 heteroatoms. The van der Waals surface area contributed by atoms with Crippen LogP contribution in [0, 0.1) is 11.2 Å². The van der Waals surface area contributed by atoms with Gasteiger partial charge in [0.15, 0.2) is 0 Å². The SMILES string of the molecule is CC(C)(C)CC(=O)N(Cc1ccc(F)cc1)Cc1ccccc1OS(C)(=O)=O. The summed E-state index contributed by atoms with van der Waals surface area (Å²) in [5.74, 6) is -0.230. The normalized spacial score (nSPS) is 11.9. The highest BCUT2D eigenvalue weighted by Gasteiger charge is 2.23. The van der Waals surface area contributed by atoms with Crippen molar-refractivity contribution < 1.29 is 21.8 Å². The third-order valence-electron chi connectivity index (χ3n) is 3.90. The van der Waals surface area contributed by atoms with Gasteiger partial charge in [-0.2, -0.15) is 8.42 Å². The first-order chi connectivity index (χ1) is 12.9. The fourth-order valence-electron chi connectivity index (χ4n) is 2.69. The Morgan fingerprint density at radius 2 is 1.64 bits per heavy atom. The van der Waals surface area contributed by atoms with Crippen molar-refractivity contribution in [3.8, 4) is 5.75 Å². The number of para-hydroxylation sites is 1. The minimum atomic E-state index is -3.69. The summed E-state index contributed by atoms with van der Waals surface area (Å²) in [5, 5.41) is 0. The number of carbonyl (C=O) groups is 1. The average Bonchev–Trinajstić information content (AvgIpc) is 2.55. The summed E-state index contributed by atoms with van der Waals surface area (Å²) in [5.41, 5.74) is 1.16. The molecule has 1 amide bonds. The molecule has 0 saturated heterocycles. The van der Waals surface area contributed by atoms with E-state index >= 15 is 0 Å². The molecule has 0 aliphatic carbocycles. The number of amides is 1. The maximum Gasteiger partial charge on any atom is 0.306 e. The lowest BCUT2D eigenvalue weighted by molar-refractivity contribution is -0.134. The zero-order valence-corrected chi connectivity index (χ0v) is 17.4. The van der Waals surface area contributed by atoms with E-state index in [9.17, 15) is 17.6 Å². The topological polar surface area (TPSA) is 63.7 Å². The van der Waals surface area contributed by atoms with Crippen LogP contribution >= 0.6 is 0 Å². The van der Waals surface area contributed by atoms with Gasteiger partial charge in [0.1, 0.15) is 11.6 Å². The maximum atomic E-state index is 13.2. The van der Waals surface area contributed by atoms with Gasteiger partial charge in [0, 0.05) is 25.1 Å². The van der Waals surface area contributed by atoms with Crippen LogP contribution in [0.15, 0.2) is 48.5 Å². The quantitative estimate of drug-likeness (QED) is 0.648. The molecule has 0 aliphatic rings. The zero-order chi connectivity index (χ0) is 20.9. The minimum Gasteiger partial charge on any atom is -0.382 e. The van der Waals surface area contributed by atoms with Gasteiger partial charge in [0.05, 0.1) is 6.26 Å². The van der Waals surface area contributed by atoms with E-state index in [-0.39, 0.29) is 36.0 Å². The molecule has 2 aromatic rings. The predicted molar refractivity (Wildman–Crippen MR) is 107 cm³/mol. The summed E-state index contributed by atoms with van der Waals surface area (Å²) in [4.78, 5) is 14.6. The molecule has 0 aromatic heterocycles. The molecule has 2 rings (SSSR count). The smallest absolute Gasteiger partial charge is 0.306 e. The highest BCUT2D eigenvalue weighted by Crippen LogP contribution is 2.25. The third kappa shape index (κ3) is 7.31. The summed E-state index contributed by atoms with van der Waals surface area (Å²) >= 11 is 0. The van der Waals surface area contributed by atoms with Gasteiger partial charge in [-0.1, -0.05) is 51.1 Å². The molecule has 152 valence electrons. The van der Waals surface area contributed by atoms with Crippen LogP contribution in [0.2, 0.25) is 0 Å². The number of benzene rings is 2. The fourth-order valence-corrected chi connectivity index (χ4v) is 3.18. The van der Waals surface area contributed by atoms with Crippen LogP contribution in [0.3, 0.4) is 0 Å². The van der Waals surface area contributed by atoms with E-state index < -0.39 is 10.1 Å². The predicted octanol–water partition coefficient (Wildman–Crippen LogP) is 4.13. The molecule has 5 nitrogen and oxygen atoms in total. The third-order valence-corrected chi connectivity index (χ3v) is 4.38. The lowest BCUT2D eigenvalue weighted by atomic mass is 9.91. The Bertz CT molecular complexity index is 918. The maximum absolute atomic E-state index is 13.2. The number of hydrogen-bond acceptors (Lipinski definition) is 4. The number of nitrogens with zero attached hydrogens (tertiary/aromatic N) is 1. The van der Waals surface area contributed by atoms with Crippen molar-refractivity contribution in [3.05, 3.63) is 65.5 Å². The van der Waals surface area contributed by atoms with E-state index in [2.05, 4.69) is 0 Å². The summed E-state index contributed by atoms with van der Waals surface area (Å²) < 4.78 is 41.4. The molecule has 0 spiro atoms. The van der Waals surface area contributed by atoms with Crippen LogP contribution in [0.5, 0.6) is 5.75 Å². The van der Waals surface area contributed by atoms with Crippen LogP contribution in [0.4, 0.5) is 4.39 Å². The summed E-state index contributed by atoms with van der Waals surface area (Å²) in [6, 6.07) is 12.7. The molecular formula is C21H26FNO4S. The van der Waals surface area contributed by atoms with Crippen LogP contribution < -0.4 is 4.18 Å². The second-order valence-electron chi connectivity index (χ2n) is 8.01.